The van der Waals surface area contributed by atoms with E-state index in [1.54, 1.807) is 4.68 Å². The molecule has 0 amide bonds. The lowest BCUT2D eigenvalue weighted by Gasteiger charge is -1.94. The average Bonchev–Trinajstić information content (AvgIpc) is 2.48. The van der Waals surface area contributed by atoms with Gasteiger partial charge in [-0.2, -0.15) is 0 Å². The Labute approximate surface area is 70.0 Å². The van der Waals surface area contributed by atoms with Gasteiger partial charge in [0.05, 0.1) is 6.20 Å². The second-order valence-corrected chi connectivity index (χ2v) is 2.53. The molecule has 0 saturated carbocycles. The molecule has 1 aromatic heterocycles. The molecule has 0 radical (unpaired) electrons. The van der Waals surface area contributed by atoms with E-state index in [1.807, 2.05) is 0 Å². The number of unbranched alkanes of at least 4 members (excludes halogenated alkanes) is 1. The molecule has 1 aromatic rings. The van der Waals surface area contributed by atoms with E-state index in [9.17, 15) is 4.79 Å². The molecule has 1 N–H and O–H groups in total. The molecule has 0 spiro atoms. The van der Waals surface area contributed by atoms with E-state index in [2.05, 4.69) is 17.2 Å². The Morgan fingerprint density at radius 1 is 1.75 bits per heavy atom. The largest absolute Gasteiger partial charge is 0.476 e. The second-order valence-electron chi connectivity index (χ2n) is 2.53. The molecule has 0 aliphatic carbocycles. The van der Waals surface area contributed by atoms with E-state index >= 15 is 0 Å². The van der Waals surface area contributed by atoms with E-state index in [0.29, 0.717) is 0 Å². The number of carboxylic acid groups (broad SMARTS) is 1. The van der Waals surface area contributed by atoms with Gasteiger partial charge < -0.3 is 5.11 Å². The lowest BCUT2D eigenvalue weighted by atomic mass is 10.3. The highest BCUT2D eigenvalue weighted by Gasteiger charge is 2.06. The van der Waals surface area contributed by atoms with Gasteiger partial charge >= 0.3 is 5.97 Å². The second kappa shape index (κ2) is 3.85. The zero-order valence-corrected chi connectivity index (χ0v) is 6.90. The fourth-order valence-corrected chi connectivity index (χ4v) is 0.826. The first-order chi connectivity index (χ1) is 5.74. The Kier molecular flexibility index (Phi) is 2.79. The molecule has 0 bridgehead atoms. The summed E-state index contributed by atoms with van der Waals surface area (Å²) in [6, 6.07) is 0. The highest BCUT2D eigenvalue weighted by Crippen LogP contribution is 1.95. The van der Waals surface area contributed by atoms with E-state index in [4.69, 9.17) is 5.11 Å². The Morgan fingerprint density at radius 2 is 2.50 bits per heavy atom. The van der Waals surface area contributed by atoms with E-state index in [1.165, 1.54) is 6.20 Å². The first-order valence-corrected chi connectivity index (χ1v) is 3.87. The molecule has 5 heteroatoms. The van der Waals surface area contributed by atoms with Crippen molar-refractivity contribution in [1.82, 2.24) is 15.0 Å². The maximum Gasteiger partial charge on any atom is 0.358 e. The van der Waals surface area contributed by atoms with Crippen LogP contribution in [0, 0.1) is 0 Å². The summed E-state index contributed by atoms with van der Waals surface area (Å²) in [5.41, 5.74) is 0.00565. The number of rotatable bonds is 4. The predicted molar refractivity (Wildman–Crippen MR) is 41.9 cm³/mol. The summed E-state index contributed by atoms with van der Waals surface area (Å²) in [7, 11) is 0. The minimum atomic E-state index is -1.03. The molecular formula is C7H11N3O2. The summed E-state index contributed by atoms with van der Waals surface area (Å²) in [5.74, 6) is -1.03. The van der Waals surface area contributed by atoms with Crippen molar-refractivity contribution in [3.63, 3.8) is 0 Å². The molecule has 0 aliphatic rings. The van der Waals surface area contributed by atoms with E-state index in [-0.39, 0.29) is 5.69 Å². The van der Waals surface area contributed by atoms with Crippen molar-refractivity contribution in [3.05, 3.63) is 11.9 Å². The first-order valence-electron chi connectivity index (χ1n) is 3.87. The minimum absolute atomic E-state index is 0.00565. The average molecular weight is 169 g/mol. The fourth-order valence-electron chi connectivity index (χ4n) is 0.826. The number of hydrogen-bond donors (Lipinski definition) is 1. The summed E-state index contributed by atoms with van der Waals surface area (Å²) < 4.78 is 1.55. The van der Waals surface area contributed by atoms with Crippen LogP contribution in [0.25, 0.3) is 0 Å². The van der Waals surface area contributed by atoms with Crippen molar-refractivity contribution < 1.29 is 9.90 Å². The predicted octanol–water partition coefficient (Wildman–Crippen LogP) is 0.776. The summed E-state index contributed by atoms with van der Waals surface area (Å²) in [4.78, 5) is 10.4. The molecule has 0 atom stereocenters. The summed E-state index contributed by atoms with van der Waals surface area (Å²) in [6.45, 7) is 2.80. The number of aromatic nitrogens is 3. The zero-order valence-electron chi connectivity index (χ0n) is 6.90. The number of carboxylic acids is 1. The topological polar surface area (TPSA) is 68.0 Å². The number of carbonyl (C=O) groups is 1. The van der Waals surface area contributed by atoms with Crippen molar-refractivity contribution >= 4 is 5.97 Å². The molecule has 5 nitrogen and oxygen atoms in total. The van der Waals surface area contributed by atoms with Gasteiger partial charge in [-0.1, -0.05) is 18.6 Å². The highest BCUT2D eigenvalue weighted by molar-refractivity contribution is 5.84. The van der Waals surface area contributed by atoms with Crippen LogP contribution in [0.3, 0.4) is 0 Å². The smallest absolute Gasteiger partial charge is 0.358 e. The Bertz CT molecular complexity index is 269. The summed E-state index contributed by atoms with van der Waals surface area (Å²) in [5, 5.41) is 15.7. The van der Waals surface area contributed by atoms with Gasteiger partial charge in [0.15, 0.2) is 5.69 Å². The monoisotopic (exact) mass is 169 g/mol. The third-order valence-electron chi connectivity index (χ3n) is 1.50. The molecular weight excluding hydrogens is 158 g/mol. The van der Waals surface area contributed by atoms with Gasteiger partial charge in [-0.15, -0.1) is 5.10 Å². The molecule has 1 rings (SSSR count). The van der Waals surface area contributed by atoms with Gasteiger partial charge in [0, 0.05) is 6.54 Å². The highest BCUT2D eigenvalue weighted by atomic mass is 16.4. The molecule has 0 fully saturated rings. The molecule has 0 unspecified atom stereocenters. The third kappa shape index (κ3) is 2.05. The van der Waals surface area contributed by atoms with Crippen molar-refractivity contribution in [1.29, 1.82) is 0 Å². The lowest BCUT2D eigenvalue weighted by Crippen LogP contribution is -1.98. The van der Waals surface area contributed by atoms with E-state index in [0.717, 1.165) is 19.4 Å². The van der Waals surface area contributed by atoms with Crippen molar-refractivity contribution in [2.45, 2.75) is 26.3 Å². The SMILES string of the molecule is CCCCn1cc(C(=O)O)nn1. The van der Waals surface area contributed by atoms with Crippen LogP contribution in [0.5, 0.6) is 0 Å². The van der Waals surface area contributed by atoms with Crippen LogP contribution in [-0.4, -0.2) is 26.1 Å². The number of hydrogen-bond acceptors (Lipinski definition) is 3. The van der Waals surface area contributed by atoms with Crippen LogP contribution in [0.15, 0.2) is 6.20 Å². The molecule has 66 valence electrons. The van der Waals surface area contributed by atoms with Crippen LogP contribution in [0.1, 0.15) is 30.3 Å². The van der Waals surface area contributed by atoms with Gasteiger partial charge in [0.2, 0.25) is 0 Å². The lowest BCUT2D eigenvalue weighted by molar-refractivity contribution is 0.0690. The van der Waals surface area contributed by atoms with Crippen LogP contribution in [0.2, 0.25) is 0 Å². The van der Waals surface area contributed by atoms with Crippen LogP contribution >= 0.6 is 0 Å². The van der Waals surface area contributed by atoms with Gasteiger partial charge in [0.1, 0.15) is 0 Å². The van der Waals surface area contributed by atoms with Crippen molar-refractivity contribution in [3.8, 4) is 0 Å². The summed E-state index contributed by atoms with van der Waals surface area (Å²) in [6.07, 6.45) is 3.49. The first kappa shape index (κ1) is 8.70. The number of nitrogens with zero attached hydrogens (tertiary/aromatic N) is 3. The third-order valence-corrected chi connectivity index (χ3v) is 1.50. The molecule has 0 saturated heterocycles. The van der Waals surface area contributed by atoms with Gasteiger partial charge in [-0.05, 0) is 6.42 Å². The van der Waals surface area contributed by atoms with Gasteiger partial charge in [-0.3, -0.25) is 4.68 Å². The fraction of sp³-hybridized carbons (Fsp3) is 0.571. The van der Waals surface area contributed by atoms with Gasteiger partial charge in [-0.25, -0.2) is 4.79 Å². The Hall–Kier alpha value is -1.39. The molecule has 0 aliphatic heterocycles. The Morgan fingerprint density at radius 3 is 3.00 bits per heavy atom. The van der Waals surface area contributed by atoms with Crippen LogP contribution in [-0.2, 0) is 6.54 Å². The van der Waals surface area contributed by atoms with E-state index < -0.39 is 5.97 Å². The quantitative estimate of drug-likeness (QED) is 0.723. The maximum atomic E-state index is 10.4. The van der Waals surface area contributed by atoms with Crippen molar-refractivity contribution in [2.75, 3.05) is 0 Å². The minimum Gasteiger partial charge on any atom is -0.476 e. The Balaban J connectivity index is 2.58. The van der Waals surface area contributed by atoms with Crippen LogP contribution < -0.4 is 0 Å². The van der Waals surface area contributed by atoms with Crippen molar-refractivity contribution in [2.24, 2.45) is 0 Å². The van der Waals surface area contributed by atoms with Crippen LogP contribution in [0.4, 0.5) is 0 Å². The number of aromatic carboxylic acids is 1. The summed E-state index contributed by atoms with van der Waals surface area (Å²) >= 11 is 0. The molecule has 0 aromatic carbocycles. The zero-order chi connectivity index (χ0) is 8.97. The maximum absolute atomic E-state index is 10.4. The molecule has 12 heavy (non-hydrogen) atoms. The normalized spacial score (nSPS) is 10.1. The number of aryl methyl sites for hydroxylation is 1. The molecule has 1 heterocycles. The standard InChI is InChI=1S/C7H11N3O2/c1-2-3-4-10-5-6(7(11)12)8-9-10/h5H,2-4H2,1H3,(H,11,12). The van der Waals surface area contributed by atoms with Gasteiger partial charge in [0.25, 0.3) is 0 Å².